The highest BCUT2D eigenvalue weighted by Gasteiger charge is 2.54. The van der Waals surface area contributed by atoms with Crippen LogP contribution in [0.15, 0.2) is 0 Å². The standard InChI is InChI=1S/C18H32O2/c1-6-14(2)15(19)20-17(5)11-12-18(9-7-8-10-18)13-16(17,3)4/h14H,6-13H2,1-5H3. The molecular formula is C18H32O2. The zero-order valence-corrected chi connectivity index (χ0v) is 14.1. The summed E-state index contributed by atoms with van der Waals surface area (Å²) >= 11 is 0. The molecule has 0 aromatic carbocycles. The normalized spacial score (nSPS) is 33.0. The molecule has 2 aliphatic carbocycles. The molecular weight excluding hydrogens is 248 g/mol. The van der Waals surface area contributed by atoms with Gasteiger partial charge >= 0.3 is 5.97 Å². The van der Waals surface area contributed by atoms with Crippen molar-refractivity contribution in [3.63, 3.8) is 0 Å². The van der Waals surface area contributed by atoms with Crippen molar-refractivity contribution in [2.24, 2.45) is 16.7 Å². The van der Waals surface area contributed by atoms with Crippen LogP contribution in [0.2, 0.25) is 0 Å². The Balaban J connectivity index is 2.10. The van der Waals surface area contributed by atoms with E-state index >= 15 is 0 Å². The van der Waals surface area contributed by atoms with E-state index in [1.165, 1.54) is 38.5 Å². The molecule has 2 saturated carbocycles. The number of carbonyl (C=O) groups is 1. The molecule has 0 aliphatic heterocycles. The Morgan fingerprint density at radius 2 is 1.70 bits per heavy atom. The maximum atomic E-state index is 12.2. The summed E-state index contributed by atoms with van der Waals surface area (Å²) < 4.78 is 6.01. The van der Waals surface area contributed by atoms with E-state index in [-0.39, 0.29) is 22.9 Å². The molecule has 2 heteroatoms. The summed E-state index contributed by atoms with van der Waals surface area (Å²) in [7, 11) is 0. The lowest BCUT2D eigenvalue weighted by Gasteiger charge is -2.53. The second-order valence-corrected chi connectivity index (χ2v) is 8.23. The number of ether oxygens (including phenoxy) is 1. The van der Waals surface area contributed by atoms with Crippen molar-refractivity contribution in [1.29, 1.82) is 0 Å². The lowest BCUT2D eigenvalue weighted by Crippen LogP contribution is -2.53. The largest absolute Gasteiger partial charge is 0.459 e. The van der Waals surface area contributed by atoms with Gasteiger partial charge in [0.25, 0.3) is 0 Å². The van der Waals surface area contributed by atoms with E-state index in [0.29, 0.717) is 5.41 Å². The van der Waals surface area contributed by atoms with Gasteiger partial charge in [-0.1, -0.05) is 40.5 Å². The molecule has 0 aromatic rings. The summed E-state index contributed by atoms with van der Waals surface area (Å²) in [6.07, 6.45) is 9.88. The average Bonchev–Trinajstić information content (AvgIpc) is 2.82. The Bertz CT molecular complexity index is 366. The first-order chi connectivity index (χ1) is 9.24. The van der Waals surface area contributed by atoms with Gasteiger partial charge in [0.1, 0.15) is 5.60 Å². The van der Waals surface area contributed by atoms with Crippen molar-refractivity contribution >= 4 is 5.97 Å². The van der Waals surface area contributed by atoms with Gasteiger partial charge in [-0.2, -0.15) is 0 Å². The quantitative estimate of drug-likeness (QED) is 0.672. The topological polar surface area (TPSA) is 26.3 Å². The Morgan fingerprint density at radius 1 is 1.10 bits per heavy atom. The zero-order chi connectivity index (χ0) is 15.0. The van der Waals surface area contributed by atoms with Crippen LogP contribution in [0.5, 0.6) is 0 Å². The van der Waals surface area contributed by atoms with Crippen molar-refractivity contribution in [2.75, 3.05) is 0 Å². The van der Waals surface area contributed by atoms with Gasteiger partial charge in [-0.15, -0.1) is 0 Å². The van der Waals surface area contributed by atoms with Crippen molar-refractivity contribution in [2.45, 2.75) is 91.6 Å². The smallest absolute Gasteiger partial charge is 0.309 e. The van der Waals surface area contributed by atoms with Gasteiger partial charge in [0.2, 0.25) is 0 Å². The van der Waals surface area contributed by atoms with Crippen LogP contribution < -0.4 is 0 Å². The van der Waals surface area contributed by atoms with E-state index in [2.05, 4.69) is 20.8 Å². The van der Waals surface area contributed by atoms with Crippen molar-refractivity contribution in [3.05, 3.63) is 0 Å². The summed E-state index contributed by atoms with van der Waals surface area (Å²) in [5, 5.41) is 0. The molecule has 2 unspecified atom stereocenters. The number of esters is 1. The van der Waals surface area contributed by atoms with Gasteiger partial charge < -0.3 is 4.74 Å². The van der Waals surface area contributed by atoms with Crippen molar-refractivity contribution < 1.29 is 9.53 Å². The fourth-order valence-corrected chi connectivity index (χ4v) is 4.29. The van der Waals surface area contributed by atoms with E-state index in [9.17, 15) is 4.79 Å². The van der Waals surface area contributed by atoms with E-state index in [4.69, 9.17) is 4.74 Å². The van der Waals surface area contributed by atoms with Crippen LogP contribution >= 0.6 is 0 Å². The molecule has 0 bridgehead atoms. The predicted molar refractivity (Wildman–Crippen MR) is 82.5 cm³/mol. The third-order valence-electron chi connectivity index (χ3n) is 6.39. The first kappa shape index (κ1) is 15.9. The first-order valence-corrected chi connectivity index (χ1v) is 8.47. The van der Waals surface area contributed by atoms with Gasteiger partial charge in [0.05, 0.1) is 5.92 Å². The summed E-state index contributed by atoms with van der Waals surface area (Å²) in [5.74, 6) is 0.00967. The summed E-state index contributed by atoms with van der Waals surface area (Å²) in [6, 6.07) is 0. The number of hydrogen-bond acceptors (Lipinski definition) is 2. The second kappa shape index (κ2) is 5.35. The van der Waals surface area contributed by atoms with Crippen molar-refractivity contribution in [3.8, 4) is 0 Å². The molecule has 2 fully saturated rings. The van der Waals surface area contributed by atoms with E-state index in [1.807, 2.05) is 13.8 Å². The Kier molecular flexibility index (Phi) is 4.24. The molecule has 0 N–H and O–H groups in total. The van der Waals surface area contributed by atoms with Gasteiger partial charge in [0, 0.05) is 5.41 Å². The minimum atomic E-state index is -0.290. The van der Waals surface area contributed by atoms with Crippen LogP contribution in [0.1, 0.15) is 86.0 Å². The summed E-state index contributed by atoms with van der Waals surface area (Å²) in [4.78, 5) is 12.2. The van der Waals surface area contributed by atoms with Gasteiger partial charge in [-0.05, 0) is 50.9 Å². The van der Waals surface area contributed by atoms with E-state index in [1.54, 1.807) is 0 Å². The lowest BCUT2D eigenvalue weighted by atomic mass is 9.56. The van der Waals surface area contributed by atoms with Crippen LogP contribution in [-0.2, 0) is 9.53 Å². The zero-order valence-electron chi connectivity index (χ0n) is 14.1. The highest BCUT2D eigenvalue weighted by atomic mass is 16.6. The van der Waals surface area contributed by atoms with Crippen LogP contribution in [0.4, 0.5) is 0 Å². The third kappa shape index (κ3) is 2.76. The van der Waals surface area contributed by atoms with Crippen LogP contribution in [0.25, 0.3) is 0 Å². The Labute approximate surface area is 124 Å². The highest BCUT2D eigenvalue weighted by Crippen LogP contribution is 2.59. The maximum Gasteiger partial charge on any atom is 0.309 e. The van der Waals surface area contributed by atoms with Gasteiger partial charge in [-0.3, -0.25) is 4.79 Å². The minimum Gasteiger partial charge on any atom is -0.459 e. The molecule has 0 aromatic heterocycles. The molecule has 0 saturated heterocycles. The second-order valence-electron chi connectivity index (χ2n) is 8.23. The summed E-state index contributed by atoms with van der Waals surface area (Å²) in [6.45, 7) is 10.8. The minimum absolute atomic E-state index is 0.00885. The third-order valence-corrected chi connectivity index (χ3v) is 6.39. The Morgan fingerprint density at radius 3 is 2.20 bits per heavy atom. The van der Waals surface area contributed by atoms with Crippen LogP contribution in [0, 0.1) is 16.7 Å². The number of hydrogen-bond donors (Lipinski definition) is 0. The molecule has 1 spiro atoms. The Hall–Kier alpha value is -0.530. The van der Waals surface area contributed by atoms with Gasteiger partial charge in [-0.25, -0.2) is 0 Å². The molecule has 20 heavy (non-hydrogen) atoms. The number of carbonyl (C=O) groups excluding carboxylic acids is 1. The maximum absolute atomic E-state index is 12.2. The molecule has 0 amide bonds. The SMILES string of the molecule is CCC(C)C(=O)OC1(C)CCC2(CCCC2)CC1(C)C. The highest BCUT2D eigenvalue weighted by molar-refractivity contribution is 5.72. The average molecular weight is 280 g/mol. The molecule has 116 valence electrons. The number of rotatable bonds is 3. The molecule has 2 aliphatic rings. The molecule has 0 radical (unpaired) electrons. The van der Waals surface area contributed by atoms with Crippen LogP contribution in [-0.4, -0.2) is 11.6 Å². The predicted octanol–water partition coefficient (Wildman–Crippen LogP) is 5.10. The molecule has 2 atom stereocenters. The monoisotopic (exact) mass is 280 g/mol. The van der Waals surface area contributed by atoms with Crippen molar-refractivity contribution in [1.82, 2.24) is 0 Å². The van der Waals surface area contributed by atoms with Crippen LogP contribution in [0.3, 0.4) is 0 Å². The fourth-order valence-electron chi connectivity index (χ4n) is 4.29. The first-order valence-electron chi connectivity index (χ1n) is 8.47. The van der Waals surface area contributed by atoms with E-state index in [0.717, 1.165) is 12.8 Å². The lowest BCUT2D eigenvalue weighted by molar-refractivity contribution is -0.190. The molecule has 0 heterocycles. The van der Waals surface area contributed by atoms with Gasteiger partial charge in [0.15, 0.2) is 0 Å². The van der Waals surface area contributed by atoms with E-state index < -0.39 is 0 Å². The molecule has 2 nitrogen and oxygen atoms in total. The summed E-state index contributed by atoms with van der Waals surface area (Å²) in [5.41, 5.74) is 0.339. The molecule has 2 rings (SSSR count). The fraction of sp³-hybridized carbons (Fsp3) is 0.944.